The zero-order valence-corrected chi connectivity index (χ0v) is 29.0. The summed E-state index contributed by atoms with van der Waals surface area (Å²) >= 11 is 0. The number of guanidine groups is 1. The third kappa shape index (κ3) is 9.17. The Morgan fingerprint density at radius 2 is 1.72 bits per heavy atom. The second-order valence-electron chi connectivity index (χ2n) is 13.3. The normalized spacial score (nSPS) is 22.7. The van der Waals surface area contributed by atoms with Gasteiger partial charge in [0.25, 0.3) is 5.91 Å². The Morgan fingerprint density at radius 3 is 2.43 bits per heavy atom. The van der Waals surface area contributed by atoms with Crippen molar-refractivity contribution in [1.82, 2.24) is 36.4 Å². The second kappa shape index (κ2) is 17.1. The fraction of sp³-hybridized carbons (Fsp3) is 0.417. The lowest BCUT2D eigenvalue weighted by atomic mass is 9.92. The van der Waals surface area contributed by atoms with Crippen molar-refractivity contribution < 1.29 is 39.0 Å². The Morgan fingerprint density at radius 1 is 1.02 bits per heavy atom. The van der Waals surface area contributed by atoms with Gasteiger partial charge in [-0.3, -0.25) is 39.5 Å². The minimum atomic E-state index is -2.13. The molecule has 10 N–H and O–H groups in total. The maximum absolute atomic E-state index is 13.6. The van der Waals surface area contributed by atoms with Gasteiger partial charge in [0.1, 0.15) is 17.8 Å². The molecule has 0 radical (unpaired) electrons. The van der Waals surface area contributed by atoms with Gasteiger partial charge in [-0.1, -0.05) is 48.5 Å². The lowest BCUT2D eigenvalue weighted by molar-refractivity contribution is -0.160. The topological polar surface area (TPSA) is 259 Å². The van der Waals surface area contributed by atoms with Gasteiger partial charge in [0, 0.05) is 25.7 Å². The molecule has 53 heavy (non-hydrogen) atoms. The van der Waals surface area contributed by atoms with E-state index >= 15 is 0 Å². The van der Waals surface area contributed by atoms with E-state index in [1.165, 1.54) is 34.1 Å². The van der Waals surface area contributed by atoms with Crippen LogP contribution in [0.4, 0.5) is 0 Å². The molecule has 3 heterocycles. The van der Waals surface area contributed by atoms with Gasteiger partial charge in [-0.25, -0.2) is 0 Å². The third-order valence-electron chi connectivity index (χ3n) is 9.65. The van der Waals surface area contributed by atoms with E-state index in [9.17, 15) is 39.0 Å². The molecule has 17 nitrogen and oxygen atoms in total. The monoisotopic (exact) mass is 731 g/mol. The van der Waals surface area contributed by atoms with Crippen LogP contribution in [0.1, 0.15) is 36.8 Å². The Kier molecular flexibility index (Phi) is 12.4. The standard InChI is InChI=1S/C36H45N9O8/c37-26(19-22-6-2-1-3-7-22)31(49)41-24(18-23-10-13-25(47)14-11-23)12-15-30(48)39-20-27(40-21-46)33(51)44-16-4-8-28(44)32(50)42-29-9-5-17-45-35(38)43-34(52)36(29,45)53/h1-3,6-7,10-15,21,24,26-29,47,53H,4-5,8-9,16-20,37H2,(H,39,48)(H,40,46)(H,41,49)(H,42,50)(H2,38,43,52)/b15-12+/t24?,26?,27?,28?,29-,36+/m0/s1. The van der Waals surface area contributed by atoms with Crippen LogP contribution >= 0.6 is 0 Å². The van der Waals surface area contributed by atoms with E-state index in [0.717, 1.165) is 11.1 Å². The maximum Gasteiger partial charge on any atom is 0.282 e. The molecule has 0 saturated carbocycles. The van der Waals surface area contributed by atoms with Crippen LogP contribution in [0.2, 0.25) is 0 Å². The molecule has 3 aliphatic rings. The number of benzene rings is 2. The number of phenolic OH excluding ortho intramolecular Hbond substituents is 1. The summed E-state index contributed by atoms with van der Waals surface area (Å²) in [6, 6.07) is 10.9. The van der Waals surface area contributed by atoms with Crippen molar-refractivity contribution in [3.05, 3.63) is 77.9 Å². The lowest BCUT2D eigenvalue weighted by Gasteiger charge is -2.42. The van der Waals surface area contributed by atoms with E-state index < -0.39 is 65.5 Å². The maximum atomic E-state index is 13.6. The summed E-state index contributed by atoms with van der Waals surface area (Å²) in [4.78, 5) is 79.7. The van der Waals surface area contributed by atoms with Crippen molar-refractivity contribution in [3.8, 4) is 5.75 Å². The van der Waals surface area contributed by atoms with Crippen LogP contribution in [0.3, 0.4) is 0 Å². The zero-order valence-electron chi connectivity index (χ0n) is 29.0. The Balaban J connectivity index is 1.20. The SMILES string of the molecule is N=C1NC(=O)[C@]2(O)[C@@H](NC(=O)C3CCCN3C(=O)C(CNC(=O)/C=C/C(Cc3ccc(O)cc3)NC(=O)C(N)Cc3ccccc3)NC=O)CCCN12. The number of aromatic hydroxyl groups is 1. The summed E-state index contributed by atoms with van der Waals surface area (Å²) in [7, 11) is 0. The Labute approximate surface area is 305 Å². The Hall–Kier alpha value is -5.81. The fourth-order valence-corrected chi connectivity index (χ4v) is 6.86. The van der Waals surface area contributed by atoms with Gasteiger partial charge in [0.15, 0.2) is 0 Å². The summed E-state index contributed by atoms with van der Waals surface area (Å²) in [6.07, 6.45) is 5.10. The molecule has 6 amide bonds. The molecule has 4 unspecified atom stereocenters. The highest BCUT2D eigenvalue weighted by atomic mass is 16.3. The van der Waals surface area contributed by atoms with Gasteiger partial charge in [-0.15, -0.1) is 0 Å². The quantitative estimate of drug-likeness (QED) is 0.0726. The average Bonchev–Trinajstić information content (AvgIpc) is 3.72. The van der Waals surface area contributed by atoms with Crippen LogP contribution in [0, 0.1) is 5.41 Å². The largest absolute Gasteiger partial charge is 0.508 e. The molecule has 6 atom stereocenters. The number of carbonyl (C=O) groups excluding carboxylic acids is 6. The first kappa shape index (κ1) is 38.4. The molecule has 0 aliphatic carbocycles. The van der Waals surface area contributed by atoms with E-state index in [-0.39, 0.29) is 44.2 Å². The van der Waals surface area contributed by atoms with E-state index in [1.54, 1.807) is 12.1 Å². The van der Waals surface area contributed by atoms with Gasteiger partial charge in [0.05, 0.1) is 18.1 Å². The fourth-order valence-electron chi connectivity index (χ4n) is 6.86. The molecule has 2 aromatic rings. The van der Waals surface area contributed by atoms with Crippen molar-refractivity contribution in [2.24, 2.45) is 5.73 Å². The molecule has 3 fully saturated rings. The number of nitrogens with two attached hydrogens (primary N) is 1. The number of amides is 6. The second-order valence-corrected chi connectivity index (χ2v) is 13.3. The predicted molar refractivity (Wildman–Crippen MR) is 190 cm³/mol. The first-order chi connectivity index (χ1) is 25.4. The van der Waals surface area contributed by atoms with Crippen LogP contribution in [-0.2, 0) is 41.6 Å². The van der Waals surface area contributed by atoms with Gasteiger partial charge < -0.3 is 47.0 Å². The zero-order chi connectivity index (χ0) is 38.1. The number of nitrogens with zero attached hydrogens (tertiary/aromatic N) is 2. The number of phenols is 1. The van der Waals surface area contributed by atoms with Crippen molar-refractivity contribution in [2.45, 2.75) is 74.5 Å². The lowest BCUT2D eigenvalue weighted by Crippen LogP contribution is -2.67. The molecule has 3 saturated heterocycles. The van der Waals surface area contributed by atoms with Gasteiger partial charge in [0.2, 0.25) is 41.7 Å². The first-order valence-corrected chi connectivity index (χ1v) is 17.4. The van der Waals surface area contributed by atoms with Crippen LogP contribution in [0.25, 0.3) is 0 Å². The minimum Gasteiger partial charge on any atom is -0.508 e. The molecule has 0 bridgehead atoms. The first-order valence-electron chi connectivity index (χ1n) is 17.4. The highest BCUT2D eigenvalue weighted by molar-refractivity contribution is 6.07. The number of aliphatic hydroxyl groups is 1. The van der Waals surface area contributed by atoms with Crippen molar-refractivity contribution in [2.75, 3.05) is 19.6 Å². The number of hydrogen-bond acceptors (Lipinski definition) is 10. The van der Waals surface area contributed by atoms with Gasteiger partial charge in [-0.2, -0.15) is 0 Å². The molecule has 282 valence electrons. The molecule has 2 aromatic carbocycles. The predicted octanol–water partition coefficient (Wildman–Crippen LogP) is -1.90. The summed E-state index contributed by atoms with van der Waals surface area (Å²) in [5, 5.41) is 41.7. The highest BCUT2D eigenvalue weighted by Gasteiger charge is 2.58. The van der Waals surface area contributed by atoms with Crippen molar-refractivity contribution in [1.29, 1.82) is 5.41 Å². The number of rotatable bonds is 15. The molecule has 17 heteroatoms. The van der Waals surface area contributed by atoms with Crippen LogP contribution < -0.4 is 32.3 Å². The van der Waals surface area contributed by atoms with Gasteiger partial charge >= 0.3 is 0 Å². The van der Waals surface area contributed by atoms with E-state index in [0.29, 0.717) is 32.1 Å². The number of likely N-dealkylation sites (tertiary alicyclic amines) is 1. The summed E-state index contributed by atoms with van der Waals surface area (Å²) in [6.45, 7) is 0.131. The number of carbonyl (C=O) groups is 6. The molecule has 3 aliphatic heterocycles. The average molecular weight is 732 g/mol. The summed E-state index contributed by atoms with van der Waals surface area (Å²) < 4.78 is 0. The number of piperidine rings is 1. The van der Waals surface area contributed by atoms with Gasteiger partial charge in [-0.05, 0) is 61.8 Å². The molecule has 0 aromatic heterocycles. The molecule has 5 rings (SSSR count). The summed E-state index contributed by atoms with van der Waals surface area (Å²) in [5.41, 5.74) is 5.71. The number of nitrogens with one attached hydrogen (secondary N) is 6. The molecular formula is C36H45N9O8. The molecular weight excluding hydrogens is 686 g/mol. The number of hydrogen-bond donors (Lipinski definition) is 9. The van der Waals surface area contributed by atoms with E-state index in [1.807, 2.05) is 30.3 Å². The van der Waals surface area contributed by atoms with Crippen LogP contribution in [0.15, 0.2) is 66.7 Å². The minimum absolute atomic E-state index is 0.0717. The smallest absolute Gasteiger partial charge is 0.282 e. The Bertz CT molecular complexity index is 1720. The highest BCUT2D eigenvalue weighted by Crippen LogP contribution is 2.31. The molecule has 0 spiro atoms. The third-order valence-corrected chi connectivity index (χ3v) is 9.65. The van der Waals surface area contributed by atoms with E-state index in [2.05, 4.69) is 26.6 Å². The van der Waals surface area contributed by atoms with Crippen molar-refractivity contribution in [3.63, 3.8) is 0 Å². The van der Waals surface area contributed by atoms with Crippen molar-refractivity contribution >= 4 is 41.9 Å². The van der Waals surface area contributed by atoms with Crippen LogP contribution in [0.5, 0.6) is 5.75 Å². The van der Waals surface area contributed by atoms with E-state index in [4.69, 9.17) is 11.1 Å². The summed E-state index contributed by atoms with van der Waals surface area (Å²) in [5.74, 6) is -3.27. The van der Waals surface area contributed by atoms with Crippen LogP contribution in [-0.4, -0.2) is 117 Å². The number of fused-ring (bicyclic) bond motifs is 1.